The molecule has 0 bridgehead atoms. The number of non-ortho nitro benzene ring substituents is 1. The SMILES string of the molecule is CCOc1ccccc1-c1nnc(SCC(=O)Nc2cccc([N+](=O)[O-])c2)n1C. The maximum atomic E-state index is 12.2. The van der Waals surface area contributed by atoms with Gasteiger partial charge in [-0.3, -0.25) is 14.9 Å². The van der Waals surface area contributed by atoms with E-state index in [-0.39, 0.29) is 17.3 Å². The molecule has 0 aliphatic heterocycles. The second kappa shape index (κ2) is 9.20. The number of hydrogen-bond acceptors (Lipinski definition) is 7. The smallest absolute Gasteiger partial charge is 0.271 e. The van der Waals surface area contributed by atoms with E-state index in [1.165, 1.54) is 30.0 Å². The standard InChI is InChI=1S/C19H19N5O4S/c1-3-28-16-10-5-4-9-15(16)18-21-22-19(23(18)2)29-12-17(25)20-13-7-6-8-14(11-13)24(26)27/h4-11H,3,12H2,1-2H3,(H,20,25). The minimum absolute atomic E-state index is 0.0821. The first kappa shape index (κ1) is 20.3. The summed E-state index contributed by atoms with van der Waals surface area (Å²) in [5, 5.41) is 22.4. The number of nitro benzene ring substituents is 1. The van der Waals surface area contributed by atoms with Gasteiger partial charge in [0.1, 0.15) is 5.75 Å². The molecule has 150 valence electrons. The molecule has 0 atom stereocenters. The molecule has 1 N–H and O–H groups in total. The Morgan fingerprint density at radius 2 is 2.03 bits per heavy atom. The van der Waals surface area contributed by atoms with E-state index in [0.29, 0.717) is 29.0 Å². The van der Waals surface area contributed by atoms with Gasteiger partial charge < -0.3 is 14.6 Å². The Morgan fingerprint density at radius 3 is 2.79 bits per heavy atom. The number of carbonyl (C=O) groups is 1. The van der Waals surface area contributed by atoms with Crippen LogP contribution in [-0.4, -0.2) is 38.0 Å². The number of nitrogens with zero attached hydrogens (tertiary/aromatic N) is 4. The third-order valence-electron chi connectivity index (χ3n) is 3.94. The molecule has 0 aliphatic rings. The van der Waals surface area contributed by atoms with Crippen LogP contribution in [0, 0.1) is 10.1 Å². The molecule has 1 amide bonds. The molecular weight excluding hydrogens is 394 g/mol. The van der Waals surface area contributed by atoms with Crippen LogP contribution in [0.25, 0.3) is 11.4 Å². The lowest BCUT2D eigenvalue weighted by atomic mass is 10.2. The Bertz CT molecular complexity index is 1040. The van der Waals surface area contributed by atoms with Crippen molar-refractivity contribution >= 4 is 29.0 Å². The highest BCUT2D eigenvalue weighted by molar-refractivity contribution is 7.99. The van der Waals surface area contributed by atoms with E-state index in [9.17, 15) is 14.9 Å². The third-order valence-corrected chi connectivity index (χ3v) is 4.96. The minimum Gasteiger partial charge on any atom is -0.493 e. The van der Waals surface area contributed by atoms with E-state index in [1.807, 2.05) is 38.2 Å². The third kappa shape index (κ3) is 4.91. The van der Waals surface area contributed by atoms with E-state index < -0.39 is 4.92 Å². The zero-order valence-corrected chi connectivity index (χ0v) is 16.7. The van der Waals surface area contributed by atoms with Gasteiger partial charge in [0.25, 0.3) is 5.69 Å². The van der Waals surface area contributed by atoms with Crippen LogP contribution in [0.2, 0.25) is 0 Å². The van der Waals surface area contributed by atoms with Crippen molar-refractivity contribution in [1.82, 2.24) is 14.8 Å². The average Bonchev–Trinajstić information content (AvgIpc) is 3.07. The second-order valence-electron chi connectivity index (χ2n) is 5.94. The van der Waals surface area contributed by atoms with Gasteiger partial charge in [-0.2, -0.15) is 0 Å². The van der Waals surface area contributed by atoms with E-state index in [0.717, 1.165) is 5.56 Å². The van der Waals surface area contributed by atoms with Crippen LogP contribution in [0.4, 0.5) is 11.4 Å². The van der Waals surface area contributed by atoms with E-state index in [2.05, 4.69) is 15.5 Å². The van der Waals surface area contributed by atoms with Crippen LogP contribution < -0.4 is 10.1 Å². The molecule has 1 aromatic heterocycles. The lowest BCUT2D eigenvalue weighted by molar-refractivity contribution is -0.384. The van der Waals surface area contributed by atoms with Gasteiger partial charge in [0.2, 0.25) is 5.91 Å². The Morgan fingerprint density at radius 1 is 1.24 bits per heavy atom. The van der Waals surface area contributed by atoms with Gasteiger partial charge in [0.15, 0.2) is 11.0 Å². The summed E-state index contributed by atoms with van der Waals surface area (Å²) in [4.78, 5) is 22.5. The summed E-state index contributed by atoms with van der Waals surface area (Å²) in [6, 6.07) is 13.3. The number of aromatic nitrogens is 3. The van der Waals surface area contributed by atoms with E-state index in [1.54, 1.807) is 10.6 Å². The van der Waals surface area contributed by atoms with Crippen LogP contribution in [0.5, 0.6) is 5.75 Å². The van der Waals surface area contributed by atoms with Crippen molar-refractivity contribution in [3.05, 3.63) is 58.6 Å². The first-order valence-electron chi connectivity index (χ1n) is 8.78. The van der Waals surface area contributed by atoms with E-state index >= 15 is 0 Å². The Balaban J connectivity index is 1.67. The lowest BCUT2D eigenvalue weighted by Gasteiger charge is -2.09. The number of thioether (sulfide) groups is 1. The number of nitrogens with one attached hydrogen (secondary N) is 1. The van der Waals surface area contributed by atoms with Crippen molar-refractivity contribution in [3.8, 4) is 17.1 Å². The molecule has 1 heterocycles. The predicted molar refractivity (Wildman–Crippen MR) is 110 cm³/mol. The average molecular weight is 413 g/mol. The lowest BCUT2D eigenvalue weighted by Crippen LogP contribution is -2.14. The molecule has 0 radical (unpaired) electrons. The summed E-state index contributed by atoms with van der Waals surface area (Å²) in [6.07, 6.45) is 0. The molecule has 0 unspecified atom stereocenters. The Kier molecular flexibility index (Phi) is 6.45. The van der Waals surface area contributed by atoms with Gasteiger partial charge in [-0.1, -0.05) is 30.0 Å². The quantitative estimate of drug-likeness (QED) is 0.341. The van der Waals surface area contributed by atoms with Crippen molar-refractivity contribution in [2.45, 2.75) is 12.1 Å². The molecule has 29 heavy (non-hydrogen) atoms. The van der Waals surface area contributed by atoms with Crippen LogP contribution in [-0.2, 0) is 11.8 Å². The molecule has 9 nitrogen and oxygen atoms in total. The molecule has 0 fully saturated rings. The molecule has 0 aliphatic carbocycles. The number of para-hydroxylation sites is 1. The zero-order valence-electron chi connectivity index (χ0n) is 15.9. The topological polar surface area (TPSA) is 112 Å². The normalized spacial score (nSPS) is 10.6. The summed E-state index contributed by atoms with van der Waals surface area (Å²) in [5.41, 5.74) is 1.10. The van der Waals surface area contributed by atoms with Crippen LogP contribution >= 0.6 is 11.8 Å². The number of anilines is 1. The summed E-state index contributed by atoms with van der Waals surface area (Å²) in [5.74, 6) is 1.14. The Labute approximate surface area is 171 Å². The number of carbonyl (C=O) groups excluding carboxylic acids is 1. The fraction of sp³-hybridized carbons (Fsp3) is 0.211. The fourth-order valence-corrected chi connectivity index (χ4v) is 3.34. The number of benzene rings is 2. The monoisotopic (exact) mass is 413 g/mol. The number of amides is 1. The molecule has 0 spiro atoms. The number of hydrogen-bond donors (Lipinski definition) is 1. The van der Waals surface area contributed by atoms with E-state index in [4.69, 9.17) is 4.74 Å². The van der Waals surface area contributed by atoms with Crippen LogP contribution in [0.1, 0.15) is 6.92 Å². The van der Waals surface area contributed by atoms with Crippen LogP contribution in [0.3, 0.4) is 0 Å². The second-order valence-corrected chi connectivity index (χ2v) is 6.88. The number of ether oxygens (including phenoxy) is 1. The van der Waals surface area contributed by atoms with Gasteiger partial charge in [0, 0.05) is 24.9 Å². The number of nitro groups is 1. The van der Waals surface area contributed by atoms with Crippen molar-refractivity contribution in [3.63, 3.8) is 0 Å². The summed E-state index contributed by atoms with van der Waals surface area (Å²) in [7, 11) is 1.82. The molecule has 0 saturated carbocycles. The maximum Gasteiger partial charge on any atom is 0.271 e. The first-order valence-corrected chi connectivity index (χ1v) is 9.77. The van der Waals surface area contributed by atoms with Gasteiger partial charge in [-0.25, -0.2) is 0 Å². The van der Waals surface area contributed by atoms with Gasteiger partial charge in [-0.05, 0) is 25.1 Å². The predicted octanol–water partition coefficient (Wildman–Crippen LogP) is 3.52. The zero-order chi connectivity index (χ0) is 20.8. The minimum atomic E-state index is -0.508. The first-order chi connectivity index (χ1) is 14.0. The molecule has 10 heteroatoms. The highest BCUT2D eigenvalue weighted by Gasteiger charge is 2.16. The largest absolute Gasteiger partial charge is 0.493 e. The summed E-state index contributed by atoms with van der Waals surface area (Å²) < 4.78 is 7.44. The molecule has 0 saturated heterocycles. The van der Waals surface area contributed by atoms with Crippen molar-refractivity contribution in [1.29, 1.82) is 0 Å². The Hall–Kier alpha value is -3.40. The van der Waals surface area contributed by atoms with Crippen LogP contribution in [0.15, 0.2) is 53.7 Å². The molecule has 3 rings (SSSR count). The molecule has 3 aromatic rings. The molecular formula is C19H19N5O4S. The highest BCUT2D eigenvalue weighted by atomic mass is 32.2. The summed E-state index contributed by atoms with van der Waals surface area (Å²) in [6.45, 7) is 2.45. The molecule has 2 aromatic carbocycles. The highest BCUT2D eigenvalue weighted by Crippen LogP contribution is 2.30. The van der Waals surface area contributed by atoms with Crippen molar-refractivity contribution in [2.75, 3.05) is 17.7 Å². The van der Waals surface area contributed by atoms with Gasteiger partial charge in [0.05, 0.1) is 22.8 Å². The summed E-state index contributed by atoms with van der Waals surface area (Å²) >= 11 is 1.22. The van der Waals surface area contributed by atoms with Crippen molar-refractivity contribution < 1.29 is 14.5 Å². The van der Waals surface area contributed by atoms with Gasteiger partial charge in [-0.15, -0.1) is 10.2 Å². The number of rotatable bonds is 8. The van der Waals surface area contributed by atoms with Crippen molar-refractivity contribution in [2.24, 2.45) is 7.05 Å². The fourth-order valence-electron chi connectivity index (χ4n) is 2.63. The maximum absolute atomic E-state index is 12.2. The van der Waals surface area contributed by atoms with Gasteiger partial charge >= 0.3 is 0 Å².